The van der Waals surface area contributed by atoms with Gasteiger partial charge in [-0.25, -0.2) is 0 Å². The van der Waals surface area contributed by atoms with Crippen molar-refractivity contribution in [3.63, 3.8) is 0 Å². The zero-order valence-corrected chi connectivity index (χ0v) is 15.4. The van der Waals surface area contributed by atoms with Crippen LogP contribution in [0.1, 0.15) is 0 Å². The molecule has 156 valence electrons. The summed E-state index contributed by atoms with van der Waals surface area (Å²) in [5.41, 5.74) is 14.3. The molecule has 0 rings (SSSR count). The Kier molecular flexibility index (Phi) is 25.7. The van der Waals surface area contributed by atoms with Crippen molar-refractivity contribution in [1.29, 1.82) is 0 Å². The maximum Gasteiger partial charge on any atom is 0.322 e. The third kappa shape index (κ3) is 37.9. The monoisotopic (exact) mass is 404 g/mol. The molecule has 0 saturated carbocycles. The maximum atomic E-state index is 9.77. The summed E-state index contributed by atoms with van der Waals surface area (Å²) in [4.78, 5) is 40.0. The summed E-state index contributed by atoms with van der Waals surface area (Å²) in [7, 11) is 3.43. The van der Waals surface area contributed by atoms with Crippen molar-refractivity contribution in [2.24, 2.45) is 17.2 Å². The Hall–Kier alpha value is -1.97. The first kappa shape index (κ1) is 31.8. The summed E-state index contributed by atoms with van der Waals surface area (Å²) in [5, 5.41) is 39.5. The van der Waals surface area contributed by atoms with Crippen LogP contribution in [0, 0.1) is 0 Å². The molecule has 26 heavy (non-hydrogen) atoms. The Bertz CT molecular complexity index is 390. The summed E-state index contributed by atoms with van der Waals surface area (Å²) < 4.78 is 0. The number of nitrogens with zero attached hydrogens (tertiary/aromatic N) is 1. The third-order valence-corrected chi connectivity index (χ3v) is 2.05. The fourth-order valence-corrected chi connectivity index (χ4v) is 0.583. The Morgan fingerprint density at radius 1 is 0.923 bits per heavy atom. The van der Waals surface area contributed by atoms with Gasteiger partial charge in [0.05, 0.1) is 19.7 Å². The molecule has 0 fully saturated rings. The zero-order chi connectivity index (χ0) is 21.9. The molecule has 0 spiro atoms. The lowest BCUT2D eigenvalue weighted by molar-refractivity contribution is -0.140. The van der Waals surface area contributed by atoms with Crippen molar-refractivity contribution in [1.82, 2.24) is 4.90 Å². The summed E-state index contributed by atoms with van der Waals surface area (Å²) in [6.45, 7) is -0.671. The predicted octanol–water partition coefficient (Wildman–Crippen LogP) is -3.62. The van der Waals surface area contributed by atoms with Crippen molar-refractivity contribution in [3.8, 4) is 0 Å². The number of rotatable bonds is 7. The normalized spacial score (nSPS) is 11.2. The lowest BCUT2D eigenvalue weighted by Gasteiger charge is -2.01. The minimum Gasteiger partial charge on any atom is -0.480 e. The summed E-state index contributed by atoms with van der Waals surface area (Å²) in [6.07, 6.45) is 0. The molecule has 0 aromatic carbocycles. The topological polar surface area (TPSA) is 251 Å². The smallest absolute Gasteiger partial charge is 0.322 e. The van der Waals surface area contributed by atoms with Gasteiger partial charge in [-0.05, 0) is 14.1 Å². The van der Waals surface area contributed by atoms with Crippen LogP contribution in [0.5, 0.6) is 0 Å². The largest absolute Gasteiger partial charge is 0.480 e. The molecule has 11 N–H and O–H groups in total. The molecule has 0 aromatic rings. The first-order chi connectivity index (χ1) is 11.8. The number of likely N-dealkylation sites (N-methyl/N-ethyl adjacent to an activating group) is 1. The van der Waals surface area contributed by atoms with Crippen LogP contribution >= 0.6 is 12.6 Å². The van der Waals surface area contributed by atoms with Gasteiger partial charge < -0.3 is 42.7 Å². The van der Waals surface area contributed by atoms with Gasteiger partial charge in [0, 0.05) is 5.75 Å². The minimum atomic E-state index is -1.18. The molecule has 0 aliphatic rings. The van der Waals surface area contributed by atoms with Gasteiger partial charge >= 0.3 is 23.9 Å². The molecular formula is C12H28N4O9S. The fourth-order valence-electron chi connectivity index (χ4n) is 0.427. The number of thiol groups is 1. The highest BCUT2D eigenvalue weighted by Crippen LogP contribution is 1.80. The van der Waals surface area contributed by atoms with E-state index in [1.807, 2.05) is 0 Å². The van der Waals surface area contributed by atoms with Gasteiger partial charge in [0.25, 0.3) is 0 Å². The number of carbonyl (C=O) groups is 4. The van der Waals surface area contributed by atoms with Gasteiger partial charge in [0.2, 0.25) is 0 Å². The molecule has 0 radical (unpaired) electrons. The van der Waals surface area contributed by atoms with Gasteiger partial charge in [-0.1, -0.05) is 0 Å². The molecule has 0 bridgehead atoms. The predicted molar refractivity (Wildman–Crippen MR) is 95.0 cm³/mol. The first-order valence-corrected chi connectivity index (χ1v) is 7.36. The average Bonchev–Trinajstić information content (AvgIpc) is 2.53. The van der Waals surface area contributed by atoms with E-state index < -0.39 is 42.6 Å². The number of aliphatic hydroxyl groups excluding tert-OH is 1. The van der Waals surface area contributed by atoms with E-state index in [2.05, 4.69) is 18.4 Å². The highest BCUT2D eigenvalue weighted by atomic mass is 32.1. The van der Waals surface area contributed by atoms with E-state index >= 15 is 0 Å². The van der Waals surface area contributed by atoms with Gasteiger partial charge in [-0.15, -0.1) is 0 Å². The van der Waals surface area contributed by atoms with Crippen molar-refractivity contribution in [3.05, 3.63) is 0 Å². The molecule has 0 unspecified atom stereocenters. The second kappa shape index (κ2) is 21.1. The number of hydrogen-bond acceptors (Lipinski definition) is 10. The van der Waals surface area contributed by atoms with Crippen LogP contribution in [0.4, 0.5) is 0 Å². The van der Waals surface area contributed by atoms with Crippen LogP contribution in [0.15, 0.2) is 0 Å². The lowest BCUT2D eigenvalue weighted by atomic mass is 10.3. The highest BCUT2D eigenvalue weighted by Gasteiger charge is 2.07. The Morgan fingerprint density at radius 2 is 1.27 bits per heavy atom. The molecule has 13 nitrogen and oxygen atoms in total. The van der Waals surface area contributed by atoms with Crippen molar-refractivity contribution < 1.29 is 44.7 Å². The zero-order valence-electron chi connectivity index (χ0n) is 14.5. The van der Waals surface area contributed by atoms with E-state index in [1.54, 1.807) is 19.0 Å². The van der Waals surface area contributed by atoms with E-state index in [4.69, 9.17) is 37.0 Å². The highest BCUT2D eigenvalue weighted by molar-refractivity contribution is 7.80. The number of carboxylic acid groups (broad SMARTS) is 4. The molecule has 14 heteroatoms. The van der Waals surface area contributed by atoms with E-state index in [-0.39, 0.29) is 18.8 Å². The molecule has 0 aromatic heterocycles. The van der Waals surface area contributed by atoms with E-state index in [9.17, 15) is 19.2 Å². The van der Waals surface area contributed by atoms with Crippen LogP contribution in [0.25, 0.3) is 0 Å². The second-order valence-corrected chi connectivity index (χ2v) is 4.85. The Labute approximate surface area is 155 Å². The number of nitrogens with two attached hydrogens (primary N) is 3. The number of aliphatic hydroxyl groups is 1. The van der Waals surface area contributed by atoms with Crippen molar-refractivity contribution >= 4 is 36.5 Å². The first-order valence-electron chi connectivity index (χ1n) is 6.73. The molecule has 0 aliphatic heterocycles. The van der Waals surface area contributed by atoms with Crippen LogP contribution in [-0.2, 0) is 19.2 Å². The van der Waals surface area contributed by atoms with E-state index in [1.165, 1.54) is 0 Å². The molecule has 0 saturated heterocycles. The maximum absolute atomic E-state index is 9.77. The molecular weight excluding hydrogens is 376 g/mol. The molecule has 0 aliphatic carbocycles. The molecule has 0 amide bonds. The minimum absolute atomic E-state index is 0.111. The van der Waals surface area contributed by atoms with Crippen molar-refractivity contribution in [2.75, 3.05) is 39.5 Å². The van der Waals surface area contributed by atoms with Gasteiger partial charge in [0.15, 0.2) is 0 Å². The summed E-state index contributed by atoms with van der Waals surface area (Å²) in [6, 6.07) is -1.94. The quantitative estimate of drug-likeness (QED) is 0.186. The number of hydrogen-bond donors (Lipinski definition) is 9. The Morgan fingerprint density at radius 3 is 1.27 bits per heavy atom. The van der Waals surface area contributed by atoms with Gasteiger partial charge in [-0.2, -0.15) is 12.6 Å². The third-order valence-electron chi connectivity index (χ3n) is 1.65. The SMILES string of the molecule is CN(C)CC(=O)O.NCC(=O)O.N[C@@H](CO)C(=O)O.N[C@@H](CS)C(=O)O. The van der Waals surface area contributed by atoms with Crippen molar-refractivity contribution in [2.45, 2.75) is 12.1 Å². The second-order valence-electron chi connectivity index (χ2n) is 4.48. The molecule has 0 heterocycles. The number of aliphatic carboxylic acids is 4. The van der Waals surface area contributed by atoms with Crippen LogP contribution in [0.2, 0.25) is 0 Å². The average molecular weight is 404 g/mol. The standard InChI is InChI=1S/C4H9NO2.C3H7NO3.C3H7NO2S.C2H5NO2/c1-5(2)3-4(6)7;4-2(1-5)3(6)7;4-2(1-7)3(5)6;3-1-2(4)5/h3H2,1-2H3,(H,6,7);2,5H,1,4H2,(H,6,7);2,7H,1,4H2,(H,5,6);1,3H2,(H,4,5)/t;2*2-;/m.00./s1. The van der Waals surface area contributed by atoms with E-state index in [0.717, 1.165) is 0 Å². The number of carboxylic acids is 4. The molecule has 2 atom stereocenters. The van der Waals surface area contributed by atoms with Gasteiger partial charge in [0.1, 0.15) is 12.1 Å². The lowest BCUT2D eigenvalue weighted by Crippen LogP contribution is -2.33. The summed E-state index contributed by atoms with van der Waals surface area (Å²) >= 11 is 3.65. The summed E-state index contributed by atoms with van der Waals surface area (Å²) in [5.74, 6) is -3.75. The van der Waals surface area contributed by atoms with Crippen LogP contribution in [-0.4, -0.2) is 106 Å². The van der Waals surface area contributed by atoms with Crippen LogP contribution < -0.4 is 17.2 Å². The van der Waals surface area contributed by atoms with Gasteiger partial charge in [-0.3, -0.25) is 24.1 Å². The Balaban J connectivity index is -0.000000125. The van der Waals surface area contributed by atoms with E-state index in [0.29, 0.717) is 0 Å². The fraction of sp³-hybridized carbons (Fsp3) is 0.667. The van der Waals surface area contributed by atoms with Crippen LogP contribution in [0.3, 0.4) is 0 Å².